The first-order chi connectivity index (χ1) is 12.0. The van der Waals surface area contributed by atoms with Gasteiger partial charge in [-0.3, -0.25) is 4.68 Å². The highest BCUT2D eigenvalue weighted by Gasteiger charge is 2.15. The lowest BCUT2D eigenvalue weighted by Gasteiger charge is -2.07. The molecule has 1 aromatic heterocycles. The topological polar surface area (TPSA) is 65.4 Å². The number of hydrogen-bond acceptors (Lipinski definition) is 3. The van der Waals surface area contributed by atoms with Crippen molar-refractivity contribution in [1.29, 1.82) is 10.5 Å². The van der Waals surface area contributed by atoms with Gasteiger partial charge in [0.1, 0.15) is 11.9 Å². The number of rotatable bonds is 3. The first-order valence-electron chi connectivity index (χ1n) is 7.76. The van der Waals surface area contributed by atoms with Gasteiger partial charge in [-0.25, -0.2) is 4.39 Å². The van der Waals surface area contributed by atoms with E-state index in [4.69, 9.17) is 10.5 Å². The SMILES string of the molecule is Cc1nn(Cc2ccc(C#N)cc2)c(C)c1-c1ccc(C#N)c(F)c1. The summed E-state index contributed by atoms with van der Waals surface area (Å²) in [7, 11) is 0. The molecule has 0 aliphatic heterocycles. The highest BCUT2D eigenvalue weighted by molar-refractivity contribution is 5.69. The second-order valence-electron chi connectivity index (χ2n) is 5.82. The maximum atomic E-state index is 13.9. The molecule has 0 aliphatic rings. The van der Waals surface area contributed by atoms with Gasteiger partial charge in [0.2, 0.25) is 0 Å². The van der Waals surface area contributed by atoms with Gasteiger partial charge in [0.25, 0.3) is 0 Å². The van der Waals surface area contributed by atoms with Crippen molar-refractivity contribution in [1.82, 2.24) is 9.78 Å². The van der Waals surface area contributed by atoms with Crippen LogP contribution < -0.4 is 0 Å². The van der Waals surface area contributed by atoms with E-state index >= 15 is 0 Å². The highest BCUT2D eigenvalue weighted by atomic mass is 19.1. The summed E-state index contributed by atoms with van der Waals surface area (Å²) in [5.41, 5.74) is 4.98. The van der Waals surface area contributed by atoms with E-state index in [1.165, 1.54) is 12.1 Å². The average Bonchev–Trinajstić information content (AvgIpc) is 2.89. The summed E-state index contributed by atoms with van der Waals surface area (Å²) < 4.78 is 15.8. The van der Waals surface area contributed by atoms with Gasteiger partial charge in [0, 0.05) is 11.3 Å². The molecule has 0 fully saturated rings. The fourth-order valence-corrected chi connectivity index (χ4v) is 2.89. The fourth-order valence-electron chi connectivity index (χ4n) is 2.89. The Morgan fingerprint density at radius 1 is 1.04 bits per heavy atom. The molecule has 5 heteroatoms. The Bertz CT molecular complexity index is 1020. The molecule has 0 unspecified atom stereocenters. The van der Waals surface area contributed by atoms with Crippen LogP contribution in [-0.4, -0.2) is 9.78 Å². The van der Waals surface area contributed by atoms with Gasteiger partial charge in [0.05, 0.1) is 29.4 Å². The van der Waals surface area contributed by atoms with E-state index in [9.17, 15) is 4.39 Å². The molecule has 3 aromatic rings. The summed E-state index contributed by atoms with van der Waals surface area (Å²) in [6.07, 6.45) is 0. The zero-order valence-electron chi connectivity index (χ0n) is 13.9. The summed E-state index contributed by atoms with van der Waals surface area (Å²) >= 11 is 0. The Labute approximate surface area is 145 Å². The maximum absolute atomic E-state index is 13.9. The molecule has 0 N–H and O–H groups in total. The smallest absolute Gasteiger partial charge is 0.141 e. The van der Waals surface area contributed by atoms with Gasteiger partial charge in [-0.05, 0) is 49.2 Å². The first-order valence-corrected chi connectivity index (χ1v) is 7.76. The van der Waals surface area contributed by atoms with Crippen LogP contribution in [0.3, 0.4) is 0 Å². The molecule has 0 saturated carbocycles. The molecule has 4 nitrogen and oxygen atoms in total. The van der Waals surface area contributed by atoms with Crippen LogP contribution >= 0.6 is 0 Å². The molecular weight excluding hydrogens is 315 g/mol. The third-order valence-electron chi connectivity index (χ3n) is 4.18. The Morgan fingerprint density at radius 2 is 1.76 bits per heavy atom. The molecule has 3 rings (SSSR count). The van der Waals surface area contributed by atoms with Gasteiger partial charge in [0.15, 0.2) is 0 Å². The highest BCUT2D eigenvalue weighted by Crippen LogP contribution is 2.28. The summed E-state index contributed by atoms with van der Waals surface area (Å²) in [6.45, 7) is 4.39. The number of halogens is 1. The monoisotopic (exact) mass is 330 g/mol. The van der Waals surface area contributed by atoms with Crippen LogP contribution in [0, 0.1) is 42.3 Å². The molecule has 1 heterocycles. The lowest BCUT2D eigenvalue weighted by atomic mass is 10.0. The molecule has 25 heavy (non-hydrogen) atoms. The zero-order chi connectivity index (χ0) is 18.0. The lowest BCUT2D eigenvalue weighted by molar-refractivity contribution is 0.624. The molecule has 0 bridgehead atoms. The summed E-state index contributed by atoms with van der Waals surface area (Å²) in [5, 5.41) is 22.3. The van der Waals surface area contributed by atoms with Gasteiger partial charge in [-0.1, -0.05) is 18.2 Å². The van der Waals surface area contributed by atoms with Crippen LogP contribution in [0.2, 0.25) is 0 Å². The predicted octanol–water partition coefficient (Wildman–Crippen LogP) is 4.10. The third kappa shape index (κ3) is 3.13. The molecule has 0 amide bonds. The van der Waals surface area contributed by atoms with E-state index in [1.807, 2.05) is 36.7 Å². The minimum atomic E-state index is -0.529. The number of aryl methyl sites for hydroxylation is 1. The van der Waals surface area contributed by atoms with E-state index in [0.29, 0.717) is 17.7 Å². The summed E-state index contributed by atoms with van der Waals surface area (Å²) in [4.78, 5) is 0. The van der Waals surface area contributed by atoms with Crippen molar-refractivity contribution in [3.8, 4) is 23.3 Å². The minimum absolute atomic E-state index is 0.0315. The van der Waals surface area contributed by atoms with Crippen LogP contribution in [0.1, 0.15) is 28.1 Å². The van der Waals surface area contributed by atoms with Crippen molar-refractivity contribution in [3.05, 3.63) is 76.4 Å². The lowest BCUT2D eigenvalue weighted by Crippen LogP contribution is -2.04. The van der Waals surface area contributed by atoms with Crippen LogP contribution in [0.5, 0.6) is 0 Å². The number of nitrogens with zero attached hydrogens (tertiary/aromatic N) is 4. The Morgan fingerprint density at radius 3 is 2.36 bits per heavy atom. The molecular formula is C20H15FN4. The van der Waals surface area contributed by atoms with Crippen LogP contribution in [-0.2, 0) is 6.54 Å². The molecule has 122 valence electrons. The third-order valence-corrected chi connectivity index (χ3v) is 4.18. The van der Waals surface area contributed by atoms with Gasteiger partial charge in [-0.15, -0.1) is 0 Å². The quantitative estimate of drug-likeness (QED) is 0.726. The maximum Gasteiger partial charge on any atom is 0.141 e. The number of benzene rings is 2. The number of aromatic nitrogens is 2. The number of hydrogen-bond donors (Lipinski definition) is 0. The zero-order valence-corrected chi connectivity index (χ0v) is 13.9. The van der Waals surface area contributed by atoms with Crippen molar-refractivity contribution in [2.45, 2.75) is 20.4 Å². The Kier molecular flexibility index (Phi) is 4.33. The molecule has 0 spiro atoms. The standard InChI is InChI=1S/C20H15FN4/c1-13-20(17-7-8-18(11-23)19(21)9-17)14(2)25(24-13)12-16-5-3-15(10-22)4-6-16/h3-9H,12H2,1-2H3. The second-order valence-corrected chi connectivity index (χ2v) is 5.82. The van der Waals surface area contributed by atoms with Crippen molar-refractivity contribution < 1.29 is 4.39 Å². The van der Waals surface area contributed by atoms with Crippen molar-refractivity contribution >= 4 is 0 Å². The van der Waals surface area contributed by atoms with E-state index in [2.05, 4.69) is 11.2 Å². The molecule has 0 radical (unpaired) electrons. The average molecular weight is 330 g/mol. The summed E-state index contributed by atoms with van der Waals surface area (Å²) in [6, 6.07) is 15.9. The first kappa shape index (κ1) is 16.4. The molecule has 2 aromatic carbocycles. The van der Waals surface area contributed by atoms with Gasteiger partial charge < -0.3 is 0 Å². The Balaban J connectivity index is 1.97. The number of nitriles is 2. The van der Waals surface area contributed by atoms with Gasteiger partial charge >= 0.3 is 0 Å². The largest absolute Gasteiger partial charge is 0.265 e. The second kappa shape index (κ2) is 6.59. The molecule has 0 aliphatic carbocycles. The molecule has 0 saturated heterocycles. The minimum Gasteiger partial charge on any atom is -0.265 e. The van der Waals surface area contributed by atoms with E-state index in [0.717, 1.165) is 22.5 Å². The molecule has 0 atom stereocenters. The van der Waals surface area contributed by atoms with Crippen molar-refractivity contribution in [3.63, 3.8) is 0 Å². The normalized spacial score (nSPS) is 10.3. The Hall–Kier alpha value is -3.44. The van der Waals surface area contributed by atoms with Crippen molar-refractivity contribution in [2.75, 3.05) is 0 Å². The van der Waals surface area contributed by atoms with Crippen LogP contribution in [0.15, 0.2) is 42.5 Å². The van der Waals surface area contributed by atoms with Crippen molar-refractivity contribution in [2.24, 2.45) is 0 Å². The summed E-state index contributed by atoms with van der Waals surface area (Å²) in [5.74, 6) is -0.529. The fraction of sp³-hybridized carbons (Fsp3) is 0.150. The van der Waals surface area contributed by atoms with Crippen LogP contribution in [0.25, 0.3) is 11.1 Å². The van der Waals surface area contributed by atoms with Gasteiger partial charge in [-0.2, -0.15) is 15.6 Å². The van der Waals surface area contributed by atoms with Crippen LogP contribution in [0.4, 0.5) is 4.39 Å². The van der Waals surface area contributed by atoms with E-state index in [1.54, 1.807) is 18.2 Å². The predicted molar refractivity (Wildman–Crippen MR) is 92.1 cm³/mol. The van der Waals surface area contributed by atoms with E-state index < -0.39 is 5.82 Å². The van der Waals surface area contributed by atoms with E-state index in [-0.39, 0.29) is 5.56 Å².